The fourth-order valence-electron chi connectivity index (χ4n) is 9.85. The first kappa shape index (κ1) is 73.7. The van der Waals surface area contributed by atoms with Gasteiger partial charge in [-0.3, -0.25) is 47.9 Å². The highest BCUT2D eigenvalue weighted by Gasteiger charge is 2.41. The van der Waals surface area contributed by atoms with Gasteiger partial charge in [-0.25, -0.2) is 0 Å². The third kappa shape index (κ3) is 28.0. The minimum atomic E-state index is -1.62. The van der Waals surface area contributed by atoms with Gasteiger partial charge in [-0.15, -0.1) is 0 Å². The number of hydrogen-bond acceptors (Lipinski definition) is 11. The Balaban J connectivity index is 3.25. The van der Waals surface area contributed by atoms with Crippen LogP contribution in [0.15, 0.2) is 0 Å². The Hall–Kier alpha value is -5.34. The van der Waals surface area contributed by atoms with Gasteiger partial charge in [-0.05, 0) is 132 Å². The molecule has 9 N–H and O–H groups in total. The Morgan fingerprint density at radius 2 is 0.963 bits per heavy atom. The van der Waals surface area contributed by atoms with Crippen molar-refractivity contribution in [3.05, 3.63) is 0 Å². The number of unbranched alkanes of at least 4 members (excludes halogenated alkanes) is 7. The average molecular weight is 1150 g/mol. The number of rotatable bonds is 38. The van der Waals surface area contributed by atoms with Crippen molar-refractivity contribution in [2.75, 3.05) is 33.7 Å². The van der Waals surface area contributed by atoms with Crippen LogP contribution in [-0.2, 0) is 47.9 Å². The molecule has 5 atom stereocenters. The number of likely N-dealkylation sites (N-methyl/N-ethyl adjacent to an activating group) is 1. The molecule has 0 aromatic carbocycles. The summed E-state index contributed by atoms with van der Waals surface area (Å²) in [7, 11) is 3.81. The Morgan fingerprint density at radius 3 is 1.47 bits per heavy atom. The molecule has 0 aliphatic carbocycles. The van der Waals surface area contributed by atoms with Crippen molar-refractivity contribution < 1.29 is 47.9 Å². The van der Waals surface area contributed by atoms with Crippen LogP contribution in [0.1, 0.15) is 220 Å². The van der Waals surface area contributed by atoms with Gasteiger partial charge < -0.3 is 57.7 Å². The van der Waals surface area contributed by atoms with Gasteiger partial charge in [0.05, 0.1) is 0 Å². The van der Waals surface area contributed by atoms with Gasteiger partial charge in [-0.1, -0.05) is 107 Å². The maximum Gasteiger partial charge on any atom is 0.246 e. The highest BCUT2D eigenvalue weighted by molar-refractivity contribution is 6.00. The van der Waals surface area contributed by atoms with Crippen molar-refractivity contribution in [3.63, 3.8) is 0 Å². The standard InChI is InChI=1S/C60H111N11O10/c1-19-21-23-24-25-27-29-42(62-53(78)46-30-28-34-71(46)48(73)31-26-22-20-2)49(74)63-44(36-40(5)6)51(76)67-59(13,14)55(80)65-43(35-39(3)4)50(75)64-45(37-41(7)8)52(77)68-60(15,16)56(81)69-58(11,12)54(79)61-33-32-47(72)66-57(9,10)38-70(17)18/h39-46H,19-38H2,1-18H3,(H,61,79)(H,62,78)(H,63,74)(H,64,75)(H,65,80)(H,66,72)(H,67,76)(H,68,77)(H,69,81)/t42?,43?,44?,45?,46-/m0/s1. The van der Waals surface area contributed by atoms with E-state index in [-0.39, 0.29) is 61.8 Å². The summed E-state index contributed by atoms with van der Waals surface area (Å²) in [5.41, 5.74) is -5.14. The molecule has 0 radical (unpaired) electrons. The Kier molecular flexibility index (Phi) is 31.8. The smallest absolute Gasteiger partial charge is 0.246 e. The minimum absolute atomic E-state index is 0.0166. The van der Waals surface area contributed by atoms with E-state index in [1.807, 2.05) is 74.4 Å². The van der Waals surface area contributed by atoms with E-state index in [1.165, 1.54) is 41.5 Å². The quantitative estimate of drug-likeness (QED) is 0.0370. The Labute approximate surface area is 486 Å². The molecular formula is C60H111N11O10. The van der Waals surface area contributed by atoms with Gasteiger partial charge in [0.1, 0.15) is 46.8 Å². The summed E-state index contributed by atoms with van der Waals surface area (Å²) in [6.07, 6.45) is 10.8. The fourth-order valence-corrected chi connectivity index (χ4v) is 9.85. The number of nitrogens with one attached hydrogen (secondary N) is 9. The van der Waals surface area contributed by atoms with Gasteiger partial charge in [-0.2, -0.15) is 0 Å². The highest BCUT2D eigenvalue weighted by atomic mass is 16.2. The van der Waals surface area contributed by atoms with E-state index >= 15 is 0 Å². The molecule has 0 spiro atoms. The lowest BCUT2D eigenvalue weighted by atomic mass is 9.96. The van der Waals surface area contributed by atoms with E-state index in [0.29, 0.717) is 45.2 Å². The Morgan fingerprint density at radius 1 is 0.506 bits per heavy atom. The largest absolute Gasteiger partial charge is 0.354 e. The topological polar surface area (TPSA) is 285 Å². The third-order valence-electron chi connectivity index (χ3n) is 14.2. The lowest BCUT2D eigenvalue weighted by molar-refractivity contribution is -0.140. The number of likely N-dealkylation sites (tertiary alicyclic amines) is 1. The summed E-state index contributed by atoms with van der Waals surface area (Å²) >= 11 is 0. The van der Waals surface area contributed by atoms with Crippen molar-refractivity contribution >= 4 is 59.1 Å². The molecule has 0 saturated carbocycles. The van der Waals surface area contributed by atoms with Crippen molar-refractivity contribution in [3.8, 4) is 0 Å². The van der Waals surface area contributed by atoms with Gasteiger partial charge >= 0.3 is 0 Å². The van der Waals surface area contributed by atoms with Crippen LogP contribution < -0.4 is 47.9 Å². The highest BCUT2D eigenvalue weighted by Crippen LogP contribution is 2.21. The second-order valence-electron chi connectivity index (χ2n) is 26.3. The lowest BCUT2D eigenvalue weighted by Crippen LogP contribution is -2.65. The number of carbonyl (C=O) groups is 10. The van der Waals surface area contributed by atoms with Crippen LogP contribution in [0.4, 0.5) is 0 Å². The van der Waals surface area contributed by atoms with Crippen LogP contribution >= 0.6 is 0 Å². The number of amides is 10. The monoisotopic (exact) mass is 1150 g/mol. The number of carbonyl (C=O) groups excluding carboxylic acids is 10. The van der Waals surface area contributed by atoms with E-state index in [2.05, 4.69) is 61.7 Å². The first-order chi connectivity index (χ1) is 37.5. The molecule has 4 unspecified atom stereocenters. The van der Waals surface area contributed by atoms with Crippen LogP contribution in [0.25, 0.3) is 0 Å². The summed E-state index contributed by atoms with van der Waals surface area (Å²) < 4.78 is 0. The zero-order valence-corrected chi connectivity index (χ0v) is 53.2. The van der Waals surface area contributed by atoms with Crippen molar-refractivity contribution in [2.24, 2.45) is 17.8 Å². The van der Waals surface area contributed by atoms with Gasteiger partial charge in [0.15, 0.2) is 0 Å². The lowest BCUT2D eigenvalue weighted by Gasteiger charge is -2.34. The molecule has 1 rings (SSSR count). The summed E-state index contributed by atoms with van der Waals surface area (Å²) in [6.45, 7) is 29.3. The van der Waals surface area contributed by atoms with Crippen molar-refractivity contribution in [1.82, 2.24) is 57.7 Å². The fraction of sp³-hybridized carbons (Fsp3) is 0.833. The van der Waals surface area contributed by atoms with E-state index in [9.17, 15) is 47.9 Å². The van der Waals surface area contributed by atoms with Crippen LogP contribution in [0.2, 0.25) is 0 Å². The summed E-state index contributed by atoms with van der Waals surface area (Å²) in [5, 5.41) is 25.3. The van der Waals surface area contributed by atoms with Crippen LogP contribution in [0.5, 0.6) is 0 Å². The van der Waals surface area contributed by atoms with Crippen molar-refractivity contribution in [2.45, 2.75) is 272 Å². The van der Waals surface area contributed by atoms with Gasteiger partial charge in [0, 0.05) is 38.0 Å². The van der Waals surface area contributed by atoms with Gasteiger partial charge in [0.25, 0.3) is 0 Å². The molecular weight excluding hydrogens is 1030 g/mol. The molecule has 21 nitrogen and oxygen atoms in total. The van der Waals surface area contributed by atoms with Gasteiger partial charge in [0.2, 0.25) is 59.1 Å². The summed E-state index contributed by atoms with van der Waals surface area (Å²) in [6, 6.07) is -5.09. The normalized spacial score (nSPS) is 15.6. The Bertz CT molecular complexity index is 2070. The molecule has 1 heterocycles. The van der Waals surface area contributed by atoms with E-state index in [1.54, 1.807) is 4.90 Å². The maximum absolute atomic E-state index is 14.3. The van der Waals surface area contributed by atoms with E-state index in [4.69, 9.17) is 0 Å². The van der Waals surface area contributed by atoms with Crippen LogP contribution in [0.3, 0.4) is 0 Å². The summed E-state index contributed by atoms with van der Waals surface area (Å²) in [4.78, 5) is 141. The zero-order valence-electron chi connectivity index (χ0n) is 53.2. The van der Waals surface area contributed by atoms with Crippen LogP contribution in [-0.4, -0.2) is 155 Å². The first-order valence-electron chi connectivity index (χ1n) is 30.2. The molecule has 81 heavy (non-hydrogen) atoms. The predicted molar refractivity (Wildman–Crippen MR) is 318 cm³/mol. The molecule has 10 amide bonds. The predicted octanol–water partition coefficient (Wildman–Crippen LogP) is 5.03. The van der Waals surface area contributed by atoms with Crippen molar-refractivity contribution in [1.29, 1.82) is 0 Å². The molecule has 0 aromatic rings. The molecule has 1 saturated heterocycles. The second kappa shape index (κ2) is 34.9. The van der Waals surface area contributed by atoms with Crippen LogP contribution in [0, 0.1) is 17.8 Å². The molecule has 1 fully saturated rings. The molecule has 21 heteroatoms. The maximum atomic E-state index is 14.3. The zero-order chi connectivity index (χ0) is 62.1. The second-order valence-corrected chi connectivity index (χ2v) is 26.3. The molecule has 1 aliphatic rings. The first-order valence-corrected chi connectivity index (χ1v) is 30.2. The van der Waals surface area contributed by atoms with E-state index < -0.39 is 99.6 Å². The minimum Gasteiger partial charge on any atom is -0.354 e. The molecule has 0 bridgehead atoms. The number of hydrogen-bond donors (Lipinski definition) is 9. The number of nitrogens with zero attached hydrogens (tertiary/aromatic N) is 2. The van der Waals surface area contributed by atoms with E-state index in [0.717, 1.165) is 51.4 Å². The molecule has 1 aliphatic heterocycles. The molecule has 0 aromatic heterocycles. The molecule has 466 valence electrons. The SMILES string of the molecule is CCCCCCCCC(NC(=O)[C@@H]1CCCN1C(=O)CCCCC)C(=O)NC(CC(C)C)C(=O)NC(C)(C)C(=O)NC(CC(C)C)C(=O)NC(CC(C)C)C(=O)NC(C)(C)C(=O)NC(C)(C)C(=O)NCCC(=O)NC(C)(C)CN(C)C. The average Bonchev–Trinajstić information content (AvgIpc) is 3.83. The third-order valence-corrected chi connectivity index (χ3v) is 14.2. The summed E-state index contributed by atoms with van der Waals surface area (Å²) in [5.74, 6) is -5.47.